The number of benzene rings is 3. The highest BCUT2D eigenvalue weighted by atomic mass is 79.9. The van der Waals surface area contributed by atoms with Gasteiger partial charge in [0.1, 0.15) is 17.1 Å². The summed E-state index contributed by atoms with van der Waals surface area (Å²) in [7, 11) is -0.691. The number of carbonyl (C=O) groups excluding carboxylic acids is 1. The third-order valence-electron chi connectivity index (χ3n) is 6.79. The second-order valence-electron chi connectivity index (χ2n) is 9.21. The lowest BCUT2D eigenvalue weighted by Gasteiger charge is -2.34. The largest absolute Gasteiger partial charge is 0.497 e. The van der Waals surface area contributed by atoms with Gasteiger partial charge in [-0.25, -0.2) is 8.42 Å². The average molecular weight is 644 g/mol. The van der Waals surface area contributed by atoms with Crippen LogP contribution >= 0.6 is 15.9 Å². The van der Waals surface area contributed by atoms with Crippen LogP contribution in [0.4, 0.5) is 0 Å². The Hall–Kier alpha value is -3.87. The fourth-order valence-electron chi connectivity index (χ4n) is 4.51. The zero-order chi connectivity index (χ0) is 29.1. The minimum Gasteiger partial charge on any atom is -0.497 e. The minimum absolute atomic E-state index is 0.0842. The quantitative estimate of drug-likeness (QED) is 0.281. The van der Waals surface area contributed by atoms with Crippen LogP contribution in [0.15, 0.2) is 85.3 Å². The number of rotatable bonds is 8. The molecule has 1 aliphatic rings. The molecule has 5 rings (SSSR count). The molecule has 0 spiro atoms. The van der Waals surface area contributed by atoms with E-state index in [0.717, 1.165) is 4.47 Å². The number of nitrogens with zero attached hydrogens (tertiary/aromatic N) is 2. The van der Waals surface area contributed by atoms with Crippen LogP contribution in [-0.2, 0) is 14.8 Å². The number of fused-ring (bicyclic) bond motifs is 1. The van der Waals surface area contributed by atoms with E-state index in [0.29, 0.717) is 22.6 Å². The summed E-state index contributed by atoms with van der Waals surface area (Å²) in [5, 5.41) is 0.284. The third-order valence-corrected chi connectivity index (χ3v) is 9.23. The van der Waals surface area contributed by atoms with Crippen molar-refractivity contribution >= 4 is 42.8 Å². The van der Waals surface area contributed by atoms with Gasteiger partial charge in [0.05, 0.1) is 24.5 Å². The Morgan fingerprint density at radius 2 is 1.54 bits per heavy atom. The smallest absolute Gasteiger partial charge is 0.260 e. The molecule has 0 unspecified atom stereocenters. The van der Waals surface area contributed by atoms with Gasteiger partial charge in [-0.3, -0.25) is 9.59 Å². The van der Waals surface area contributed by atoms with Crippen LogP contribution in [0.5, 0.6) is 17.2 Å². The molecule has 214 valence electrons. The molecule has 0 N–H and O–H groups in total. The monoisotopic (exact) mass is 642 g/mol. The van der Waals surface area contributed by atoms with Crippen molar-refractivity contribution in [2.45, 2.75) is 4.90 Å². The van der Waals surface area contributed by atoms with Gasteiger partial charge in [-0.15, -0.1) is 0 Å². The number of hydrogen-bond acceptors (Lipinski definition) is 8. The molecular weight excluding hydrogens is 616 g/mol. The highest BCUT2D eigenvalue weighted by Crippen LogP contribution is 2.33. The van der Waals surface area contributed by atoms with E-state index in [1.54, 1.807) is 54.6 Å². The predicted octanol–water partition coefficient (Wildman–Crippen LogP) is 4.15. The second kappa shape index (κ2) is 11.9. The van der Waals surface area contributed by atoms with Gasteiger partial charge in [0.2, 0.25) is 21.2 Å². The lowest BCUT2D eigenvalue weighted by molar-refractivity contribution is -0.134. The zero-order valence-electron chi connectivity index (χ0n) is 22.3. The first-order valence-corrected chi connectivity index (χ1v) is 14.9. The molecule has 4 aromatic rings. The third kappa shape index (κ3) is 5.95. The Morgan fingerprint density at radius 1 is 0.902 bits per heavy atom. The molecule has 0 atom stereocenters. The van der Waals surface area contributed by atoms with Gasteiger partial charge in [0.25, 0.3) is 5.91 Å². The molecule has 0 bridgehead atoms. The van der Waals surface area contributed by atoms with Crippen LogP contribution in [0.1, 0.15) is 0 Å². The molecule has 2 heterocycles. The molecule has 1 saturated heterocycles. The molecule has 10 nitrogen and oxygen atoms in total. The first-order valence-electron chi connectivity index (χ1n) is 12.7. The van der Waals surface area contributed by atoms with Gasteiger partial charge < -0.3 is 23.5 Å². The summed E-state index contributed by atoms with van der Waals surface area (Å²) in [4.78, 5) is 28.2. The van der Waals surface area contributed by atoms with Crippen molar-refractivity contribution in [1.82, 2.24) is 9.21 Å². The summed E-state index contributed by atoms with van der Waals surface area (Å²) in [5.74, 6) is 0.815. The summed E-state index contributed by atoms with van der Waals surface area (Å²) in [6.07, 6.45) is 0. The molecule has 1 amide bonds. The van der Waals surface area contributed by atoms with Crippen molar-refractivity contribution in [3.05, 3.63) is 81.4 Å². The summed E-state index contributed by atoms with van der Waals surface area (Å²) in [6, 6.07) is 18.2. The van der Waals surface area contributed by atoms with Gasteiger partial charge >= 0.3 is 0 Å². The van der Waals surface area contributed by atoms with E-state index in [2.05, 4.69) is 15.9 Å². The average Bonchev–Trinajstić information content (AvgIpc) is 3.00. The number of hydrogen-bond donors (Lipinski definition) is 0. The van der Waals surface area contributed by atoms with E-state index < -0.39 is 22.1 Å². The van der Waals surface area contributed by atoms with Crippen molar-refractivity contribution < 1.29 is 31.8 Å². The Morgan fingerprint density at radius 3 is 2.17 bits per heavy atom. The van der Waals surface area contributed by atoms with Gasteiger partial charge in [-0.2, -0.15) is 4.31 Å². The topological polar surface area (TPSA) is 116 Å². The molecule has 3 aromatic carbocycles. The van der Waals surface area contributed by atoms with Crippen LogP contribution in [-0.4, -0.2) is 70.5 Å². The van der Waals surface area contributed by atoms with Crippen LogP contribution in [0, 0.1) is 0 Å². The van der Waals surface area contributed by atoms with E-state index in [1.165, 1.54) is 35.6 Å². The maximum absolute atomic E-state index is 13.5. The van der Waals surface area contributed by atoms with Gasteiger partial charge in [0, 0.05) is 42.3 Å². The zero-order valence-corrected chi connectivity index (χ0v) is 24.7. The lowest BCUT2D eigenvalue weighted by Crippen LogP contribution is -2.51. The summed E-state index contributed by atoms with van der Waals surface area (Å²) in [5.41, 5.74) is 0.491. The van der Waals surface area contributed by atoms with E-state index in [4.69, 9.17) is 18.6 Å². The van der Waals surface area contributed by atoms with Crippen molar-refractivity contribution in [2.24, 2.45) is 0 Å². The van der Waals surface area contributed by atoms with Crippen LogP contribution < -0.4 is 19.6 Å². The maximum atomic E-state index is 13.5. The molecule has 41 heavy (non-hydrogen) atoms. The number of piperazine rings is 1. The molecule has 1 fully saturated rings. The number of halogens is 1. The first-order chi connectivity index (χ1) is 19.7. The van der Waals surface area contributed by atoms with E-state index in [1.807, 2.05) is 0 Å². The maximum Gasteiger partial charge on any atom is 0.260 e. The van der Waals surface area contributed by atoms with Crippen molar-refractivity contribution in [3.8, 4) is 28.6 Å². The Bertz CT molecular complexity index is 1730. The molecule has 0 saturated carbocycles. The van der Waals surface area contributed by atoms with Gasteiger partial charge in [-0.05, 0) is 60.7 Å². The van der Waals surface area contributed by atoms with E-state index in [-0.39, 0.29) is 53.9 Å². The number of sulfonamides is 1. The standard InChI is InChI=1S/C29H27BrN2O8S/c1-37-21-7-10-23(11-8-21)41(35,36)32-15-13-31(14-16-32)26(33)18-39-29-27(34)24-12-9-22(38-2)17-25(24)40-28(29)19-3-5-20(30)6-4-19/h3-12,17H,13-16,18H2,1-2H3. The fraction of sp³-hybridized carbons (Fsp3) is 0.241. The van der Waals surface area contributed by atoms with E-state index >= 15 is 0 Å². The summed E-state index contributed by atoms with van der Waals surface area (Å²) in [6.45, 7) is 0.210. The van der Waals surface area contributed by atoms with Crippen molar-refractivity contribution in [1.29, 1.82) is 0 Å². The molecule has 1 aliphatic heterocycles. The summed E-state index contributed by atoms with van der Waals surface area (Å²) < 4.78 is 50.6. The molecule has 12 heteroatoms. The Kier molecular flexibility index (Phi) is 8.34. The van der Waals surface area contributed by atoms with Crippen LogP contribution in [0.25, 0.3) is 22.3 Å². The fourth-order valence-corrected chi connectivity index (χ4v) is 6.19. The van der Waals surface area contributed by atoms with E-state index in [9.17, 15) is 18.0 Å². The Labute approximate surface area is 245 Å². The normalized spacial score (nSPS) is 14.2. The summed E-state index contributed by atoms with van der Waals surface area (Å²) >= 11 is 3.40. The molecular formula is C29H27BrN2O8S. The number of ether oxygens (including phenoxy) is 3. The van der Waals surface area contributed by atoms with Crippen molar-refractivity contribution in [3.63, 3.8) is 0 Å². The highest BCUT2D eigenvalue weighted by Gasteiger charge is 2.30. The molecule has 0 aliphatic carbocycles. The van der Waals surface area contributed by atoms with Crippen molar-refractivity contribution in [2.75, 3.05) is 47.0 Å². The number of methoxy groups -OCH3 is 2. The van der Waals surface area contributed by atoms with Crippen LogP contribution in [0.2, 0.25) is 0 Å². The molecule has 1 aromatic heterocycles. The number of carbonyl (C=O) groups is 1. The highest BCUT2D eigenvalue weighted by molar-refractivity contribution is 9.10. The first kappa shape index (κ1) is 28.7. The minimum atomic E-state index is -3.72. The predicted molar refractivity (Wildman–Crippen MR) is 156 cm³/mol. The van der Waals surface area contributed by atoms with Crippen LogP contribution in [0.3, 0.4) is 0 Å². The van der Waals surface area contributed by atoms with Gasteiger partial charge in [0.15, 0.2) is 12.4 Å². The number of amides is 1. The SMILES string of the molecule is COc1ccc(S(=O)(=O)N2CCN(C(=O)COc3c(-c4ccc(Br)cc4)oc4cc(OC)ccc4c3=O)CC2)cc1. The Balaban J connectivity index is 1.32. The lowest BCUT2D eigenvalue weighted by atomic mass is 10.1. The second-order valence-corrected chi connectivity index (χ2v) is 12.1. The molecule has 0 radical (unpaired) electrons. The van der Waals surface area contributed by atoms with Gasteiger partial charge in [-0.1, -0.05) is 15.9 Å².